The highest BCUT2D eigenvalue weighted by Crippen LogP contribution is 2.24. The number of methoxy groups -OCH3 is 2. The van der Waals surface area contributed by atoms with Crippen molar-refractivity contribution in [3.8, 4) is 11.5 Å². The van der Waals surface area contributed by atoms with Crippen LogP contribution in [0.3, 0.4) is 0 Å². The van der Waals surface area contributed by atoms with Gasteiger partial charge in [-0.2, -0.15) is 0 Å². The molecule has 1 aromatic rings. The van der Waals surface area contributed by atoms with Gasteiger partial charge in [0.15, 0.2) is 0 Å². The van der Waals surface area contributed by atoms with E-state index in [2.05, 4.69) is 5.32 Å². The van der Waals surface area contributed by atoms with Crippen LogP contribution in [0.4, 0.5) is 0 Å². The van der Waals surface area contributed by atoms with E-state index in [9.17, 15) is 4.79 Å². The maximum Gasteiger partial charge on any atom is 0.224 e. The number of aliphatic hydroxyl groups excluding tert-OH is 1. The highest BCUT2D eigenvalue weighted by atomic mass is 16.5. The van der Waals surface area contributed by atoms with Crippen LogP contribution in [0.25, 0.3) is 0 Å². The van der Waals surface area contributed by atoms with Gasteiger partial charge in [-0.1, -0.05) is 6.07 Å². The maximum atomic E-state index is 11.8. The monoisotopic (exact) mass is 297 g/mol. The van der Waals surface area contributed by atoms with Crippen LogP contribution in [0.1, 0.15) is 12.0 Å². The molecule has 118 valence electrons. The first-order valence-electron chi connectivity index (χ1n) is 6.87. The van der Waals surface area contributed by atoms with Crippen LogP contribution in [0.2, 0.25) is 0 Å². The molecule has 0 aliphatic carbocycles. The lowest BCUT2D eigenvalue weighted by molar-refractivity contribution is -0.120. The van der Waals surface area contributed by atoms with Crippen molar-refractivity contribution in [2.75, 3.05) is 40.6 Å². The van der Waals surface area contributed by atoms with Gasteiger partial charge in [0.05, 0.1) is 33.9 Å². The van der Waals surface area contributed by atoms with Crippen molar-refractivity contribution < 1.29 is 24.1 Å². The van der Waals surface area contributed by atoms with Gasteiger partial charge in [0, 0.05) is 24.8 Å². The summed E-state index contributed by atoms with van der Waals surface area (Å²) in [6, 6.07) is 5.38. The van der Waals surface area contributed by atoms with Crippen LogP contribution in [0.5, 0.6) is 11.5 Å². The minimum absolute atomic E-state index is 0.0175. The van der Waals surface area contributed by atoms with Crippen molar-refractivity contribution in [3.63, 3.8) is 0 Å². The van der Waals surface area contributed by atoms with Crippen LogP contribution in [0.15, 0.2) is 18.2 Å². The van der Waals surface area contributed by atoms with E-state index in [-0.39, 0.29) is 18.9 Å². The zero-order chi connectivity index (χ0) is 15.5. The first-order valence-corrected chi connectivity index (χ1v) is 6.87. The normalized spacial score (nSPS) is 10.2. The molecule has 6 heteroatoms. The lowest BCUT2D eigenvalue weighted by atomic mass is 10.1. The molecule has 0 unspecified atom stereocenters. The summed E-state index contributed by atoms with van der Waals surface area (Å²) < 4.78 is 15.5. The molecule has 1 aromatic carbocycles. The number of nitrogens with one attached hydrogen (secondary N) is 1. The van der Waals surface area contributed by atoms with Gasteiger partial charge in [-0.3, -0.25) is 4.79 Å². The molecule has 0 radical (unpaired) electrons. The molecular formula is C15H23NO5. The zero-order valence-corrected chi connectivity index (χ0v) is 12.6. The number of aliphatic hydroxyl groups is 1. The third-order valence-electron chi connectivity index (χ3n) is 2.87. The fourth-order valence-electron chi connectivity index (χ4n) is 1.80. The van der Waals surface area contributed by atoms with Crippen molar-refractivity contribution >= 4 is 5.91 Å². The smallest absolute Gasteiger partial charge is 0.224 e. The average molecular weight is 297 g/mol. The van der Waals surface area contributed by atoms with Crippen molar-refractivity contribution in [2.45, 2.75) is 12.8 Å². The standard InChI is InChI=1S/C15H23NO5/c1-19-13-5-4-12(14(11-13)20-2)10-15(18)16-6-3-8-21-9-7-17/h4-5,11,17H,3,6-10H2,1-2H3,(H,16,18). The molecule has 0 aromatic heterocycles. The van der Waals surface area contributed by atoms with Gasteiger partial charge < -0.3 is 24.6 Å². The lowest BCUT2D eigenvalue weighted by Gasteiger charge is -2.10. The molecule has 0 bridgehead atoms. The Bertz CT molecular complexity index is 436. The summed E-state index contributed by atoms with van der Waals surface area (Å²) in [6.07, 6.45) is 0.968. The van der Waals surface area contributed by atoms with E-state index >= 15 is 0 Å². The van der Waals surface area contributed by atoms with Crippen LogP contribution in [-0.4, -0.2) is 51.6 Å². The second-order valence-electron chi connectivity index (χ2n) is 4.39. The third kappa shape index (κ3) is 6.46. The van der Waals surface area contributed by atoms with Gasteiger partial charge >= 0.3 is 0 Å². The summed E-state index contributed by atoms with van der Waals surface area (Å²) in [6.45, 7) is 1.41. The molecule has 0 aliphatic rings. The summed E-state index contributed by atoms with van der Waals surface area (Å²) in [7, 11) is 3.15. The van der Waals surface area contributed by atoms with Crippen LogP contribution in [-0.2, 0) is 16.0 Å². The van der Waals surface area contributed by atoms with Gasteiger partial charge in [0.25, 0.3) is 0 Å². The predicted octanol–water partition coefficient (Wildman–Crippen LogP) is 0.761. The summed E-state index contributed by atoms with van der Waals surface area (Å²) in [5.74, 6) is 1.26. The molecular weight excluding hydrogens is 274 g/mol. The van der Waals surface area contributed by atoms with Crippen LogP contribution < -0.4 is 14.8 Å². The Labute approximate surface area is 125 Å². The van der Waals surface area contributed by atoms with Gasteiger partial charge in [0.2, 0.25) is 5.91 Å². The van der Waals surface area contributed by atoms with Gasteiger partial charge in [-0.15, -0.1) is 0 Å². The van der Waals surface area contributed by atoms with Gasteiger partial charge in [-0.05, 0) is 12.5 Å². The highest BCUT2D eigenvalue weighted by Gasteiger charge is 2.09. The molecule has 1 rings (SSSR count). The number of hydrogen-bond acceptors (Lipinski definition) is 5. The number of ether oxygens (including phenoxy) is 3. The van der Waals surface area contributed by atoms with E-state index in [0.717, 1.165) is 5.56 Å². The maximum absolute atomic E-state index is 11.8. The largest absolute Gasteiger partial charge is 0.497 e. The van der Waals surface area contributed by atoms with Crippen molar-refractivity contribution in [1.82, 2.24) is 5.32 Å². The quantitative estimate of drug-likeness (QED) is 0.624. The Morgan fingerprint density at radius 1 is 1.24 bits per heavy atom. The Kier molecular flexibility index (Phi) is 8.23. The van der Waals surface area contributed by atoms with Crippen LogP contribution in [0, 0.1) is 0 Å². The number of carbonyl (C=O) groups excluding carboxylic acids is 1. The molecule has 0 atom stereocenters. The lowest BCUT2D eigenvalue weighted by Crippen LogP contribution is -2.27. The molecule has 0 heterocycles. The number of amides is 1. The van der Waals surface area contributed by atoms with E-state index in [4.69, 9.17) is 19.3 Å². The van der Waals surface area contributed by atoms with Crippen molar-refractivity contribution in [2.24, 2.45) is 0 Å². The minimum Gasteiger partial charge on any atom is -0.497 e. The molecule has 21 heavy (non-hydrogen) atoms. The van der Waals surface area contributed by atoms with Crippen LogP contribution >= 0.6 is 0 Å². The van der Waals surface area contributed by atoms with E-state index < -0.39 is 0 Å². The average Bonchev–Trinajstić information content (AvgIpc) is 2.51. The first-order chi connectivity index (χ1) is 10.2. The van der Waals surface area contributed by atoms with Crippen molar-refractivity contribution in [3.05, 3.63) is 23.8 Å². The van der Waals surface area contributed by atoms with Crippen molar-refractivity contribution in [1.29, 1.82) is 0 Å². The summed E-state index contributed by atoms with van der Waals surface area (Å²) in [5, 5.41) is 11.4. The number of rotatable bonds is 10. The highest BCUT2D eigenvalue weighted by molar-refractivity contribution is 5.79. The Morgan fingerprint density at radius 2 is 2.05 bits per heavy atom. The first kappa shape index (κ1) is 17.3. The molecule has 2 N–H and O–H groups in total. The molecule has 0 saturated heterocycles. The molecule has 6 nitrogen and oxygen atoms in total. The molecule has 1 amide bonds. The summed E-state index contributed by atoms with van der Waals surface area (Å²) in [4.78, 5) is 11.8. The Balaban J connectivity index is 2.37. The third-order valence-corrected chi connectivity index (χ3v) is 2.87. The summed E-state index contributed by atoms with van der Waals surface area (Å²) >= 11 is 0. The second-order valence-corrected chi connectivity index (χ2v) is 4.39. The summed E-state index contributed by atoms with van der Waals surface area (Å²) in [5.41, 5.74) is 0.812. The fourth-order valence-corrected chi connectivity index (χ4v) is 1.80. The molecule has 0 fully saturated rings. The van der Waals surface area contributed by atoms with E-state index in [0.29, 0.717) is 37.7 Å². The zero-order valence-electron chi connectivity index (χ0n) is 12.6. The molecule has 0 spiro atoms. The SMILES string of the molecule is COc1ccc(CC(=O)NCCCOCCO)c(OC)c1. The Morgan fingerprint density at radius 3 is 2.71 bits per heavy atom. The van der Waals surface area contributed by atoms with Gasteiger partial charge in [0.1, 0.15) is 11.5 Å². The Hall–Kier alpha value is -1.79. The molecule has 0 saturated carbocycles. The van der Waals surface area contributed by atoms with E-state index in [1.165, 1.54) is 0 Å². The second kappa shape index (κ2) is 10.0. The number of carbonyl (C=O) groups is 1. The van der Waals surface area contributed by atoms with E-state index in [1.807, 2.05) is 6.07 Å². The number of benzene rings is 1. The number of hydrogen-bond donors (Lipinski definition) is 2. The topological polar surface area (TPSA) is 77.0 Å². The molecule has 0 aliphatic heterocycles. The predicted molar refractivity (Wildman–Crippen MR) is 78.8 cm³/mol. The van der Waals surface area contributed by atoms with E-state index in [1.54, 1.807) is 26.4 Å². The minimum atomic E-state index is -0.0689. The fraction of sp³-hybridized carbons (Fsp3) is 0.533. The van der Waals surface area contributed by atoms with Gasteiger partial charge in [-0.25, -0.2) is 0 Å².